The molecule has 0 aromatic heterocycles. The fourth-order valence-electron chi connectivity index (χ4n) is 1.51. The molecule has 1 fully saturated rings. The average molecular weight is 184 g/mol. The summed E-state index contributed by atoms with van der Waals surface area (Å²) in [5.41, 5.74) is 5.45. The van der Waals surface area contributed by atoms with Gasteiger partial charge in [-0.15, -0.1) is 0 Å². The van der Waals surface area contributed by atoms with Crippen LogP contribution in [0, 0.1) is 5.41 Å². The van der Waals surface area contributed by atoms with E-state index >= 15 is 0 Å². The summed E-state index contributed by atoms with van der Waals surface area (Å²) in [5.74, 6) is 0.0995. The van der Waals surface area contributed by atoms with Crippen LogP contribution in [-0.4, -0.2) is 29.9 Å². The van der Waals surface area contributed by atoms with Gasteiger partial charge >= 0.3 is 0 Å². The van der Waals surface area contributed by atoms with Gasteiger partial charge in [0.2, 0.25) is 5.91 Å². The molecule has 0 aromatic carbocycles. The van der Waals surface area contributed by atoms with Crippen molar-refractivity contribution >= 4 is 5.91 Å². The van der Waals surface area contributed by atoms with E-state index in [1.54, 1.807) is 4.90 Å². The van der Waals surface area contributed by atoms with Gasteiger partial charge in [0.25, 0.3) is 0 Å². The largest absolute Gasteiger partial charge is 0.344 e. The molecule has 0 spiro atoms. The second-order valence-electron chi connectivity index (χ2n) is 5.38. The van der Waals surface area contributed by atoms with E-state index in [1.165, 1.54) is 0 Å². The van der Waals surface area contributed by atoms with Crippen LogP contribution in [0.1, 0.15) is 33.6 Å². The zero-order valence-electron chi connectivity index (χ0n) is 9.05. The minimum Gasteiger partial charge on any atom is -0.344 e. The SMILES string of the molecule is CN(CC(C)(C)C)C(=O)C1(N)CC1. The lowest BCUT2D eigenvalue weighted by Gasteiger charge is -2.28. The Hall–Kier alpha value is -0.570. The Morgan fingerprint density at radius 2 is 1.92 bits per heavy atom. The summed E-state index contributed by atoms with van der Waals surface area (Å²) in [6.07, 6.45) is 1.70. The molecule has 1 aliphatic rings. The van der Waals surface area contributed by atoms with Gasteiger partial charge in [-0.25, -0.2) is 0 Å². The fourth-order valence-corrected chi connectivity index (χ4v) is 1.51. The molecular formula is C10H20N2O. The topological polar surface area (TPSA) is 46.3 Å². The molecule has 0 atom stereocenters. The van der Waals surface area contributed by atoms with Crippen LogP contribution < -0.4 is 5.73 Å². The van der Waals surface area contributed by atoms with E-state index in [9.17, 15) is 4.79 Å². The molecule has 3 heteroatoms. The maximum absolute atomic E-state index is 11.7. The van der Waals surface area contributed by atoms with Crippen molar-refractivity contribution in [3.8, 4) is 0 Å². The molecule has 0 heterocycles. The van der Waals surface area contributed by atoms with Crippen LogP contribution in [0.5, 0.6) is 0 Å². The van der Waals surface area contributed by atoms with Crippen molar-refractivity contribution in [1.82, 2.24) is 4.90 Å². The van der Waals surface area contributed by atoms with E-state index in [1.807, 2.05) is 7.05 Å². The monoisotopic (exact) mass is 184 g/mol. The van der Waals surface area contributed by atoms with Crippen LogP contribution in [-0.2, 0) is 4.79 Å². The number of likely N-dealkylation sites (N-methyl/N-ethyl adjacent to an activating group) is 1. The molecule has 0 bridgehead atoms. The lowest BCUT2D eigenvalue weighted by molar-refractivity contribution is -0.133. The molecule has 0 unspecified atom stereocenters. The summed E-state index contributed by atoms with van der Waals surface area (Å²) in [6, 6.07) is 0. The zero-order chi connectivity index (χ0) is 10.3. The van der Waals surface area contributed by atoms with Gasteiger partial charge in [-0.05, 0) is 18.3 Å². The van der Waals surface area contributed by atoms with E-state index in [0.29, 0.717) is 0 Å². The van der Waals surface area contributed by atoms with Crippen molar-refractivity contribution in [3.63, 3.8) is 0 Å². The number of rotatable bonds is 2. The second kappa shape index (κ2) is 2.98. The van der Waals surface area contributed by atoms with E-state index in [-0.39, 0.29) is 11.3 Å². The number of amides is 1. The van der Waals surface area contributed by atoms with Crippen LogP contribution in [0.25, 0.3) is 0 Å². The smallest absolute Gasteiger partial charge is 0.242 e. The maximum atomic E-state index is 11.7. The quantitative estimate of drug-likeness (QED) is 0.695. The van der Waals surface area contributed by atoms with Crippen LogP contribution in [0.3, 0.4) is 0 Å². The van der Waals surface area contributed by atoms with Crippen molar-refractivity contribution in [3.05, 3.63) is 0 Å². The molecule has 1 amide bonds. The molecule has 3 nitrogen and oxygen atoms in total. The number of nitrogens with zero attached hydrogens (tertiary/aromatic N) is 1. The minimum atomic E-state index is -0.514. The summed E-state index contributed by atoms with van der Waals surface area (Å²) in [5, 5.41) is 0. The predicted molar refractivity (Wildman–Crippen MR) is 53.2 cm³/mol. The average Bonchev–Trinajstić information content (AvgIpc) is 2.64. The van der Waals surface area contributed by atoms with Gasteiger partial charge in [-0.3, -0.25) is 4.79 Å². The molecule has 1 aliphatic carbocycles. The summed E-state index contributed by atoms with van der Waals surface area (Å²) >= 11 is 0. The molecule has 1 rings (SSSR count). The van der Waals surface area contributed by atoms with Gasteiger partial charge in [-0.2, -0.15) is 0 Å². The third kappa shape index (κ3) is 2.69. The number of nitrogens with two attached hydrogens (primary N) is 1. The standard InChI is InChI=1S/C10H20N2O/c1-9(2,3)7-12(4)8(13)10(11)5-6-10/h5-7,11H2,1-4H3. The number of hydrogen-bond acceptors (Lipinski definition) is 2. The summed E-state index contributed by atoms with van der Waals surface area (Å²) in [4.78, 5) is 13.5. The van der Waals surface area contributed by atoms with Gasteiger partial charge in [0.05, 0.1) is 5.54 Å². The Morgan fingerprint density at radius 1 is 1.46 bits per heavy atom. The van der Waals surface area contributed by atoms with Crippen molar-refractivity contribution in [1.29, 1.82) is 0 Å². The maximum Gasteiger partial charge on any atom is 0.242 e. The first-order valence-electron chi connectivity index (χ1n) is 4.79. The first kappa shape index (κ1) is 10.5. The molecule has 1 saturated carbocycles. The number of carbonyl (C=O) groups is 1. The highest BCUT2D eigenvalue weighted by Crippen LogP contribution is 2.34. The molecule has 0 saturated heterocycles. The van der Waals surface area contributed by atoms with Crippen molar-refractivity contribution in [2.24, 2.45) is 11.1 Å². The molecular weight excluding hydrogens is 164 g/mol. The molecule has 2 N–H and O–H groups in total. The van der Waals surface area contributed by atoms with E-state index < -0.39 is 5.54 Å². The Labute approximate surface area is 80.3 Å². The van der Waals surface area contributed by atoms with E-state index in [2.05, 4.69) is 20.8 Å². The Balaban J connectivity index is 2.48. The highest BCUT2D eigenvalue weighted by Gasteiger charge is 2.47. The van der Waals surface area contributed by atoms with Gasteiger partial charge in [0.15, 0.2) is 0 Å². The predicted octanol–water partition coefficient (Wildman–Crippen LogP) is 0.982. The third-order valence-corrected chi connectivity index (χ3v) is 2.27. The van der Waals surface area contributed by atoms with Crippen LogP contribution in [0.2, 0.25) is 0 Å². The molecule has 0 radical (unpaired) electrons. The van der Waals surface area contributed by atoms with Crippen molar-refractivity contribution in [2.45, 2.75) is 39.2 Å². The third-order valence-electron chi connectivity index (χ3n) is 2.27. The lowest BCUT2D eigenvalue weighted by Crippen LogP contribution is -2.46. The Morgan fingerprint density at radius 3 is 2.23 bits per heavy atom. The van der Waals surface area contributed by atoms with Crippen molar-refractivity contribution < 1.29 is 4.79 Å². The number of hydrogen-bond donors (Lipinski definition) is 1. The van der Waals surface area contributed by atoms with Gasteiger partial charge in [0, 0.05) is 13.6 Å². The zero-order valence-corrected chi connectivity index (χ0v) is 9.05. The normalized spacial score (nSPS) is 19.8. The first-order valence-corrected chi connectivity index (χ1v) is 4.79. The lowest BCUT2D eigenvalue weighted by atomic mass is 9.96. The summed E-state index contributed by atoms with van der Waals surface area (Å²) < 4.78 is 0. The van der Waals surface area contributed by atoms with Crippen molar-refractivity contribution in [2.75, 3.05) is 13.6 Å². The molecule has 13 heavy (non-hydrogen) atoms. The van der Waals surface area contributed by atoms with Crippen LogP contribution >= 0.6 is 0 Å². The Kier molecular flexibility index (Phi) is 2.41. The Bertz CT molecular complexity index is 213. The van der Waals surface area contributed by atoms with Gasteiger partial charge < -0.3 is 10.6 Å². The number of carbonyl (C=O) groups excluding carboxylic acids is 1. The highest BCUT2D eigenvalue weighted by molar-refractivity contribution is 5.88. The summed E-state index contributed by atoms with van der Waals surface area (Å²) in [6.45, 7) is 7.12. The molecule has 76 valence electrons. The molecule has 0 aliphatic heterocycles. The van der Waals surface area contributed by atoms with Crippen LogP contribution in [0.4, 0.5) is 0 Å². The van der Waals surface area contributed by atoms with Gasteiger partial charge in [-0.1, -0.05) is 20.8 Å². The van der Waals surface area contributed by atoms with Crippen LogP contribution in [0.15, 0.2) is 0 Å². The second-order valence-corrected chi connectivity index (χ2v) is 5.38. The fraction of sp³-hybridized carbons (Fsp3) is 0.900. The van der Waals surface area contributed by atoms with E-state index in [0.717, 1.165) is 19.4 Å². The van der Waals surface area contributed by atoms with Gasteiger partial charge in [0.1, 0.15) is 0 Å². The molecule has 0 aromatic rings. The highest BCUT2D eigenvalue weighted by atomic mass is 16.2. The minimum absolute atomic E-state index is 0.0995. The first-order chi connectivity index (χ1) is 5.75. The summed E-state index contributed by atoms with van der Waals surface area (Å²) in [7, 11) is 1.83. The van der Waals surface area contributed by atoms with E-state index in [4.69, 9.17) is 5.73 Å².